The highest BCUT2D eigenvalue weighted by molar-refractivity contribution is 5.78. The van der Waals surface area contributed by atoms with Crippen molar-refractivity contribution in [3.05, 3.63) is 65.4 Å². The Morgan fingerprint density at radius 2 is 2.11 bits per heavy atom. The van der Waals surface area contributed by atoms with Gasteiger partial charge in [0.05, 0.1) is 6.04 Å². The van der Waals surface area contributed by atoms with E-state index in [9.17, 15) is 4.39 Å². The number of aromatic nitrogens is 1. The monoisotopic (exact) mass is 256 g/mol. The molecule has 3 nitrogen and oxygen atoms in total. The third-order valence-electron chi connectivity index (χ3n) is 3.10. The van der Waals surface area contributed by atoms with Crippen molar-refractivity contribution in [3.8, 4) is 0 Å². The van der Waals surface area contributed by atoms with Crippen molar-refractivity contribution in [1.82, 2.24) is 4.98 Å². The van der Waals surface area contributed by atoms with Crippen LogP contribution in [0.4, 0.5) is 4.39 Å². The van der Waals surface area contributed by atoms with E-state index >= 15 is 0 Å². The van der Waals surface area contributed by atoms with Crippen LogP contribution in [0.2, 0.25) is 0 Å². The van der Waals surface area contributed by atoms with E-state index in [0.29, 0.717) is 5.76 Å². The summed E-state index contributed by atoms with van der Waals surface area (Å²) in [6, 6.07) is 9.91. The highest BCUT2D eigenvalue weighted by Crippen LogP contribution is 2.28. The molecular formula is C15H13FN2O. The summed E-state index contributed by atoms with van der Waals surface area (Å²) in [6.45, 7) is 1.90. The predicted molar refractivity (Wildman–Crippen MR) is 71.2 cm³/mol. The highest BCUT2D eigenvalue weighted by Gasteiger charge is 2.16. The van der Waals surface area contributed by atoms with Crippen molar-refractivity contribution in [2.75, 3.05) is 0 Å². The number of fused-ring (bicyclic) bond motifs is 1. The third-order valence-corrected chi connectivity index (χ3v) is 3.10. The fraction of sp³-hybridized carbons (Fsp3) is 0.133. The zero-order valence-corrected chi connectivity index (χ0v) is 10.4. The molecule has 2 heterocycles. The highest BCUT2D eigenvalue weighted by atomic mass is 19.1. The maximum Gasteiger partial charge on any atom is 0.169 e. The predicted octanol–water partition coefficient (Wildman–Crippen LogP) is 3.32. The Kier molecular flexibility index (Phi) is 2.80. The quantitative estimate of drug-likeness (QED) is 0.765. The first kappa shape index (κ1) is 11.9. The number of hydrogen-bond acceptors (Lipinski definition) is 3. The molecule has 0 aliphatic carbocycles. The minimum absolute atomic E-state index is 0.249. The number of furan rings is 1. The van der Waals surface area contributed by atoms with E-state index in [4.69, 9.17) is 10.2 Å². The SMILES string of the molecule is Cc1cc(C(N)c2cc3cccc(F)c3o2)ccn1. The first-order chi connectivity index (χ1) is 9.15. The van der Waals surface area contributed by atoms with Gasteiger partial charge in [-0.1, -0.05) is 12.1 Å². The van der Waals surface area contributed by atoms with E-state index in [1.54, 1.807) is 24.4 Å². The number of para-hydroxylation sites is 1. The number of benzene rings is 1. The molecule has 2 N–H and O–H groups in total. The second kappa shape index (κ2) is 4.48. The molecule has 2 aromatic heterocycles. The lowest BCUT2D eigenvalue weighted by Gasteiger charge is -2.09. The fourth-order valence-electron chi connectivity index (χ4n) is 2.13. The number of hydrogen-bond donors (Lipinski definition) is 1. The standard InChI is InChI=1S/C15H13FN2O/c1-9-7-10(5-6-18-9)14(17)13-8-11-3-2-4-12(16)15(11)19-13/h2-8,14H,17H2,1H3. The van der Waals surface area contributed by atoms with Crippen molar-refractivity contribution in [1.29, 1.82) is 0 Å². The zero-order chi connectivity index (χ0) is 13.4. The largest absolute Gasteiger partial charge is 0.456 e. The summed E-state index contributed by atoms with van der Waals surface area (Å²) in [7, 11) is 0. The van der Waals surface area contributed by atoms with Gasteiger partial charge in [0.2, 0.25) is 0 Å². The van der Waals surface area contributed by atoms with Gasteiger partial charge in [-0.15, -0.1) is 0 Å². The lowest BCUT2D eigenvalue weighted by molar-refractivity contribution is 0.502. The van der Waals surface area contributed by atoms with Crippen LogP contribution in [0.3, 0.4) is 0 Å². The number of pyridine rings is 1. The van der Waals surface area contributed by atoms with E-state index in [0.717, 1.165) is 16.6 Å². The average Bonchev–Trinajstić information content (AvgIpc) is 2.83. The number of nitrogens with two attached hydrogens (primary N) is 1. The van der Waals surface area contributed by atoms with Gasteiger partial charge >= 0.3 is 0 Å². The average molecular weight is 256 g/mol. The summed E-state index contributed by atoms with van der Waals surface area (Å²) in [4.78, 5) is 4.13. The minimum Gasteiger partial charge on any atom is -0.456 e. The normalized spacial score (nSPS) is 12.8. The van der Waals surface area contributed by atoms with Crippen LogP contribution in [-0.2, 0) is 0 Å². The molecule has 19 heavy (non-hydrogen) atoms. The molecule has 0 saturated heterocycles. The first-order valence-corrected chi connectivity index (χ1v) is 6.01. The molecule has 0 amide bonds. The second-order valence-electron chi connectivity index (χ2n) is 4.52. The van der Waals surface area contributed by atoms with Gasteiger partial charge in [0.15, 0.2) is 11.4 Å². The van der Waals surface area contributed by atoms with Gasteiger partial charge < -0.3 is 10.2 Å². The Bertz CT molecular complexity index is 736. The van der Waals surface area contributed by atoms with Gasteiger partial charge in [-0.05, 0) is 36.8 Å². The lowest BCUT2D eigenvalue weighted by atomic mass is 10.1. The van der Waals surface area contributed by atoms with Crippen molar-refractivity contribution < 1.29 is 8.81 Å². The number of rotatable bonds is 2. The second-order valence-corrected chi connectivity index (χ2v) is 4.52. The smallest absolute Gasteiger partial charge is 0.169 e. The molecule has 4 heteroatoms. The fourth-order valence-corrected chi connectivity index (χ4v) is 2.13. The van der Waals surface area contributed by atoms with E-state index in [1.807, 2.05) is 19.1 Å². The van der Waals surface area contributed by atoms with Gasteiger partial charge in [-0.3, -0.25) is 4.98 Å². The molecule has 0 bridgehead atoms. The maximum absolute atomic E-state index is 13.6. The third kappa shape index (κ3) is 2.11. The van der Waals surface area contributed by atoms with Crippen LogP contribution in [0.1, 0.15) is 23.1 Å². The zero-order valence-electron chi connectivity index (χ0n) is 10.4. The maximum atomic E-state index is 13.6. The van der Waals surface area contributed by atoms with Crippen molar-refractivity contribution in [2.24, 2.45) is 5.73 Å². The molecule has 3 aromatic rings. The topological polar surface area (TPSA) is 52.0 Å². The van der Waals surface area contributed by atoms with Gasteiger partial charge in [0.1, 0.15) is 5.76 Å². The Labute approximate surface area is 109 Å². The summed E-state index contributed by atoms with van der Waals surface area (Å²) < 4.78 is 19.1. The van der Waals surface area contributed by atoms with Crippen molar-refractivity contribution in [2.45, 2.75) is 13.0 Å². The van der Waals surface area contributed by atoms with E-state index in [1.165, 1.54) is 6.07 Å². The van der Waals surface area contributed by atoms with Crippen LogP contribution in [0.15, 0.2) is 47.0 Å². The molecule has 0 saturated carbocycles. The van der Waals surface area contributed by atoms with Gasteiger partial charge in [0, 0.05) is 17.3 Å². The summed E-state index contributed by atoms with van der Waals surface area (Å²) in [5, 5.41) is 0.719. The van der Waals surface area contributed by atoms with Crippen LogP contribution in [-0.4, -0.2) is 4.98 Å². The first-order valence-electron chi connectivity index (χ1n) is 6.01. The van der Waals surface area contributed by atoms with Gasteiger partial charge in [-0.2, -0.15) is 0 Å². The molecule has 0 spiro atoms. The Morgan fingerprint density at radius 1 is 1.26 bits per heavy atom. The Balaban J connectivity index is 2.06. The van der Waals surface area contributed by atoms with Crippen molar-refractivity contribution in [3.63, 3.8) is 0 Å². The molecule has 1 aromatic carbocycles. The minimum atomic E-state index is -0.423. The van der Waals surface area contributed by atoms with Crippen LogP contribution in [0.25, 0.3) is 11.0 Å². The summed E-state index contributed by atoms with van der Waals surface area (Å²) in [5.74, 6) is 0.174. The molecule has 0 radical (unpaired) electrons. The van der Waals surface area contributed by atoms with Crippen LogP contribution in [0, 0.1) is 12.7 Å². The van der Waals surface area contributed by atoms with Crippen LogP contribution < -0.4 is 5.73 Å². The number of nitrogens with zero attached hydrogens (tertiary/aromatic N) is 1. The molecule has 96 valence electrons. The molecule has 3 rings (SSSR count). The molecule has 0 fully saturated rings. The van der Waals surface area contributed by atoms with E-state index in [-0.39, 0.29) is 11.4 Å². The lowest BCUT2D eigenvalue weighted by Crippen LogP contribution is -2.11. The van der Waals surface area contributed by atoms with Gasteiger partial charge in [-0.25, -0.2) is 4.39 Å². The van der Waals surface area contributed by atoms with Crippen LogP contribution in [0.5, 0.6) is 0 Å². The van der Waals surface area contributed by atoms with E-state index < -0.39 is 6.04 Å². The Hall–Kier alpha value is -2.20. The number of aryl methyl sites for hydroxylation is 1. The summed E-state index contributed by atoms with van der Waals surface area (Å²) in [5.41, 5.74) is 8.18. The number of halogens is 1. The summed E-state index contributed by atoms with van der Waals surface area (Å²) >= 11 is 0. The molecule has 1 atom stereocenters. The van der Waals surface area contributed by atoms with Crippen molar-refractivity contribution >= 4 is 11.0 Å². The molecule has 0 aliphatic rings. The van der Waals surface area contributed by atoms with E-state index in [2.05, 4.69) is 4.98 Å². The van der Waals surface area contributed by atoms with Gasteiger partial charge in [0.25, 0.3) is 0 Å². The van der Waals surface area contributed by atoms with Crippen LogP contribution >= 0.6 is 0 Å². The molecular weight excluding hydrogens is 243 g/mol. The molecule has 0 aliphatic heterocycles. The molecule has 1 unspecified atom stereocenters. The summed E-state index contributed by atoms with van der Waals surface area (Å²) in [6.07, 6.45) is 1.70. The Morgan fingerprint density at radius 3 is 2.84 bits per heavy atom.